The van der Waals surface area contributed by atoms with Crippen LogP contribution in [0.1, 0.15) is 19.9 Å². The number of imidazole rings is 1. The zero-order valence-electron chi connectivity index (χ0n) is 11.1. The second-order valence-corrected chi connectivity index (χ2v) is 4.92. The van der Waals surface area contributed by atoms with E-state index in [-0.39, 0.29) is 11.9 Å². The number of benzene rings is 1. The summed E-state index contributed by atoms with van der Waals surface area (Å²) in [4.78, 5) is 8.32. The van der Waals surface area contributed by atoms with Gasteiger partial charge in [0.1, 0.15) is 17.5 Å². The monoisotopic (exact) mass is 273 g/mol. The van der Waals surface area contributed by atoms with E-state index in [1.807, 2.05) is 18.4 Å². The van der Waals surface area contributed by atoms with E-state index < -0.39 is 5.82 Å². The minimum atomic E-state index is -0.420. The maximum atomic E-state index is 13.4. The molecule has 0 saturated heterocycles. The van der Waals surface area contributed by atoms with Crippen LogP contribution in [0.2, 0.25) is 0 Å². The van der Waals surface area contributed by atoms with Gasteiger partial charge in [-0.05, 0) is 38.1 Å². The zero-order valence-corrected chi connectivity index (χ0v) is 11.1. The zero-order chi connectivity index (χ0) is 14.3. The molecule has 0 aliphatic heterocycles. The van der Waals surface area contributed by atoms with Gasteiger partial charge in [0.25, 0.3) is 0 Å². The first kappa shape index (κ1) is 12.7. The molecule has 0 unspecified atom stereocenters. The largest absolute Gasteiger partial charge is 0.321 e. The van der Waals surface area contributed by atoms with Crippen molar-refractivity contribution in [1.82, 2.24) is 14.5 Å². The molecule has 3 rings (SSSR count). The van der Waals surface area contributed by atoms with Crippen molar-refractivity contribution in [2.24, 2.45) is 0 Å². The Hall–Kier alpha value is -2.30. The summed E-state index contributed by atoms with van der Waals surface area (Å²) in [6.45, 7) is 3.95. The van der Waals surface area contributed by atoms with Crippen LogP contribution in [0, 0.1) is 11.6 Å². The molecule has 0 N–H and O–H groups in total. The summed E-state index contributed by atoms with van der Waals surface area (Å²) in [6, 6.07) is 5.88. The summed E-state index contributed by atoms with van der Waals surface area (Å²) in [7, 11) is 0. The van der Waals surface area contributed by atoms with Gasteiger partial charge < -0.3 is 4.57 Å². The molecule has 0 amide bonds. The van der Waals surface area contributed by atoms with Crippen molar-refractivity contribution in [2.45, 2.75) is 19.9 Å². The number of halogens is 2. The molecule has 3 nitrogen and oxygen atoms in total. The molecule has 2 aromatic heterocycles. The Bertz CT molecular complexity index is 778. The molecular weight excluding hydrogens is 260 g/mol. The van der Waals surface area contributed by atoms with Crippen molar-refractivity contribution in [3.63, 3.8) is 0 Å². The van der Waals surface area contributed by atoms with Crippen LogP contribution in [0.5, 0.6) is 0 Å². The van der Waals surface area contributed by atoms with E-state index >= 15 is 0 Å². The molecule has 102 valence electrons. The van der Waals surface area contributed by atoms with Crippen LogP contribution in [-0.2, 0) is 0 Å². The Kier molecular flexibility index (Phi) is 2.97. The summed E-state index contributed by atoms with van der Waals surface area (Å²) in [6.07, 6.45) is 2.70. The first-order valence-electron chi connectivity index (χ1n) is 6.34. The molecule has 0 aliphatic rings. The van der Waals surface area contributed by atoms with E-state index in [9.17, 15) is 8.78 Å². The minimum absolute atomic E-state index is 0.0695. The average Bonchev–Trinajstić information content (AvgIpc) is 2.77. The summed E-state index contributed by atoms with van der Waals surface area (Å²) >= 11 is 0. The number of aromatic nitrogens is 3. The van der Waals surface area contributed by atoms with Crippen molar-refractivity contribution in [3.8, 4) is 11.4 Å². The van der Waals surface area contributed by atoms with Crippen molar-refractivity contribution >= 4 is 11.0 Å². The minimum Gasteiger partial charge on any atom is -0.321 e. The maximum absolute atomic E-state index is 13.4. The molecule has 1 aromatic carbocycles. The molecule has 0 atom stereocenters. The highest BCUT2D eigenvalue weighted by Crippen LogP contribution is 2.28. The number of fused-ring (bicyclic) bond motifs is 1. The molecule has 0 saturated carbocycles. The standard InChI is InChI=1S/C15H13F2N3/c1-9(2)20-14-6-11(16)3-4-13(14)19-15(20)10-5-12(17)8-18-7-10/h3-9H,1-2H3. The third-order valence-electron chi connectivity index (χ3n) is 3.13. The van der Waals surface area contributed by atoms with E-state index in [1.165, 1.54) is 18.2 Å². The van der Waals surface area contributed by atoms with Crippen LogP contribution in [0.25, 0.3) is 22.4 Å². The van der Waals surface area contributed by atoms with Crippen LogP contribution in [0.3, 0.4) is 0 Å². The molecule has 0 spiro atoms. The number of rotatable bonds is 2. The van der Waals surface area contributed by atoms with E-state index in [4.69, 9.17) is 0 Å². The normalized spacial score (nSPS) is 11.4. The fourth-order valence-corrected chi connectivity index (χ4v) is 2.33. The Labute approximate surface area is 114 Å². The van der Waals surface area contributed by atoms with Crippen LogP contribution in [0.4, 0.5) is 8.78 Å². The summed E-state index contributed by atoms with van der Waals surface area (Å²) in [5.41, 5.74) is 1.95. The van der Waals surface area contributed by atoms with Gasteiger partial charge in [0.05, 0.1) is 17.2 Å². The smallest absolute Gasteiger partial charge is 0.143 e. The van der Waals surface area contributed by atoms with Crippen molar-refractivity contribution in [1.29, 1.82) is 0 Å². The van der Waals surface area contributed by atoms with Gasteiger partial charge in [0.15, 0.2) is 0 Å². The van der Waals surface area contributed by atoms with Gasteiger partial charge in [-0.1, -0.05) is 0 Å². The van der Waals surface area contributed by atoms with Gasteiger partial charge >= 0.3 is 0 Å². The van der Waals surface area contributed by atoms with Crippen LogP contribution in [-0.4, -0.2) is 14.5 Å². The van der Waals surface area contributed by atoms with Crippen LogP contribution < -0.4 is 0 Å². The second kappa shape index (κ2) is 4.67. The Morgan fingerprint density at radius 2 is 1.85 bits per heavy atom. The fraction of sp³-hybridized carbons (Fsp3) is 0.200. The summed E-state index contributed by atoms with van der Waals surface area (Å²) in [5.74, 6) is -0.146. The summed E-state index contributed by atoms with van der Waals surface area (Å²) in [5, 5.41) is 0. The van der Waals surface area contributed by atoms with Gasteiger partial charge in [0.2, 0.25) is 0 Å². The first-order chi connectivity index (χ1) is 9.56. The van der Waals surface area contributed by atoms with Gasteiger partial charge in [-0.25, -0.2) is 13.8 Å². The Morgan fingerprint density at radius 3 is 2.55 bits per heavy atom. The molecule has 0 fully saturated rings. The van der Waals surface area contributed by atoms with Gasteiger partial charge in [-0.2, -0.15) is 0 Å². The lowest BCUT2D eigenvalue weighted by molar-refractivity contribution is 0.609. The number of pyridine rings is 1. The number of hydrogen-bond donors (Lipinski definition) is 0. The Balaban J connectivity index is 2.32. The maximum Gasteiger partial charge on any atom is 0.143 e. The third-order valence-corrected chi connectivity index (χ3v) is 3.13. The lowest BCUT2D eigenvalue weighted by atomic mass is 10.2. The topological polar surface area (TPSA) is 30.7 Å². The predicted molar refractivity (Wildman–Crippen MR) is 73.3 cm³/mol. The van der Waals surface area contributed by atoms with Crippen molar-refractivity contribution in [3.05, 3.63) is 48.3 Å². The second-order valence-electron chi connectivity index (χ2n) is 4.92. The summed E-state index contributed by atoms with van der Waals surface area (Å²) < 4.78 is 28.7. The SMILES string of the molecule is CC(C)n1c(-c2cncc(F)c2)nc2ccc(F)cc21. The van der Waals surface area contributed by atoms with Gasteiger partial charge in [-0.15, -0.1) is 0 Å². The van der Waals surface area contributed by atoms with E-state index in [1.54, 1.807) is 12.3 Å². The van der Waals surface area contributed by atoms with Crippen LogP contribution in [0.15, 0.2) is 36.7 Å². The van der Waals surface area contributed by atoms with E-state index in [0.717, 1.165) is 6.20 Å². The Morgan fingerprint density at radius 1 is 1.05 bits per heavy atom. The highest BCUT2D eigenvalue weighted by molar-refractivity contribution is 5.80. The predicted octanol–water partition coefficient (Wildman–Crippen LogP) is 3.96. The molecule has 20 heavy (non-hydrogen) atoms. The van der Waals surface area contributed by atoms with Crippen LogP contribution >= 0.6 is 0 Å². The molecular formula is C15H13F2N3. The fourth-order valence-electron chi connectivity index (χ4n) is 2.33. The molecule has 2 heterocycles. The number of nitrogens with zero attached hydrogens (tertiary/aromatic N) is 3. The third kappa shape index (κ3) is 2.05. The molecule has 5 heteroatoms. The van der Waals surface area contributed by atoms with Crippen molar-refractivity contribution in [2.75, 3.05) is 0 Å². The quantitative estimate of drug-likeness (QED) is 0.707. The molecule has 0 radical (unpaired) electrons. The van der Waals surface area contributed by atoms with Gasteiger partial charge in [0, 0.05) is 17.8 Å². The first-order valence-corrected chi connectivity index (χ1v) is 6.34. The van der Waals surface area contributed by atoms with Crippen molar-refractivity contribution < 1.29 is 8.78 Å². The molecule has 3 aromatic rings. The highest BCUT2D eigenvalue weighted by Gasteiger charge is 2.16. The van der Waals surface area contributed by atoms with E-state index in [0.29, 0.717) is 22.4 Å². The molecule has 0 bridgehead atoms. The number of hydrogen-bond acceptors (Lipinski definition) is 2. The lowest BCUT2D eigenvalue weighted by Crippen LogP contribution is -2.03. The molecule has 0 aliphatic carbocycles. The van der Waals surface area contributed by atoms with E-state index in [2.05, 4.69) is 9.97 Å². The highest BCUT2D eigenvalue weighted by atomic mass is 19.1. The lowest BCUT2D eigenvalue weighted by Gasteiger charge is -2.13. The van der Waals surface area contributed by atoms with Gasteiger partial charge in [-0.3, -0.25) is 4.98 Å². The average molecular weight is 273 g/mol.